The highest BCUT2D eigenvalue weighted by atomic mass is 19.3. The highest BCUT2D eigenvalue weighted by molar-refractivity contribution is 5.81. The second-order valence-corrected chi connectivity index (χ2v) is 3.13. The molecule has 4 heteroatoms. The van der Waals surface area contributed by atoms with E-state index in [1.807, 2.05) is 0 Å². The van der Waals surface area contributed by atoms with Gasteiger partial charge in [-0.2, -0.15) is 0 Å². The first-order valence-electron chi connectivity index (χ1n) is 3.03. The SMILES string of the molecule is CC1(C(N)=O)CC(F)(F)C1. The molecule has 0 radical (unpaired) electrons. The summed E-state index contributed by atoms with van der Waals surface area (Å²) in [7, 11) is 0. The van der Waals surface area contributed by atoms with E-state index in [0.29, 0.717) is 0 Å². The first kappa shape index (κ1) is 7.44. The first-order chi connectivity index (χ1) is 4.36. The molecule has 0 atom stereocenters. The Morgan fingerprint density at radius 1 is 1.50 bits per heavy atom. The van der Waals surface area contributed by atoms with Crippen LogP contribution in [-0.2, 0) is 4.79 Å². The molecule has 58 valence electrons. The van der Waals surface area contributed by atoms with E-state index in [4.69, 9.17) is 5.73 Å². The Balaban J connectivity index is 2.58. The van der Waals surface area contributed by atoms with Gasteiger partial charge >= 0.3 is 0 Å². The molecule has 0 unspecified atom stereocenters. The number of nitrogens with two attached hydrogens (primary N) is 1. The lowest BCUT2D eigenvalue weighted by molar-refractivity contribution is -0.171. The summed E-state index contributed by atoms with van der Waals surface area (Å²) in [6, 6.07) is 0. The van der Waals surface area contributed by atoms with Crippen LogP contribution in [0.2, 0.25) is 0 Å². The van der Waals surface area contributed by atoms with E-state index in [9.17, 15) is 13.6 Å². The fourth-order valence-corrected chi connectivity index (χ4v) is 1.26. The summed E-state index contributed by atoms with van der Waals surface area (Å²) in [6.07, 6.45) is -0.787. The molecule has 0 bridgehead atoms. The van der Waals surface area contributed by atoms with Gasteiger partial charge in [0.05, 0.1) is 5.41 Å². The highest BCUT2D eigenvalue weighted by Crippen LogP contribution is 2.51. The number of halogens is 2. The van der Waals surface area contributed by atoms with E-state index in [0.717, 1.165) is 0 Å². The van der Waals surface area contributed by atoms with Crippen molar-refractivity contribution in [3.63, 3.8) is 0 Å². The Labute approximate surface area is 57.4 Å². The summed E-state index contributed by atoms with van der Waals surface area (Å²) in [5.74, 6) is -3.29. The normalized spacial score (nSPS) is 27.1. The topological polar surface area (TPSA) is 43.1 Å². The molecular weight excluding hydrogens is 140 g/mol. The number of hydrogen-bond donors (Lipinski definition) is 1. The average molecular weight is 149 g/mol. The Bertz CT molecular complexity index is 171. The van der Waals surface area contributed by atoms with E-state index >= 15 is 0 Å². The van der Waals surface area contributed by atoms with Crippen LogP contribution in [-0.4, -0.2) is 11.8 Å². The first-order valence-corrected chi connectivity index (χ1v) is 3.03. The number of rotatable bonds is 1. The lowest BCUT2D eigenvalue weighted by Crippen LogP contribution is -2.51. The molecule has 0 aromatic rings. The molecule has 1 amide bonds. The number of carbonyl (C=O) groups is 1. The van der Waals surface area contributed by atoms with E-state index in [1.54, 1.807) is 0 Å². The zero-order valence-electron chi connectivity index (χ0n) is 5.66. The van der Waals surface area contributed by atoms with Crippen molar-refractivity contribution in [3.05, 3.63) is 0 Å². The molecule has 0 spiro atoms. The van der Waals surface area contributed by atoms with E-state index in [2.05, 4.69) is 0 Å². The summed E-state index contributed by atoms with van der Waals surface area (Å²) >= 11 is 0. The van der Waals surface area contributed by atoms with Gasteiger partial charge in [0, 0.05) is 12.8 Å². The highest BCUT2D eigenvalue weighted by Gasteiger charge is 2.56. The average Bonchev–Trinajstić information content (AvgIpc) is 1.59. The van der Waals surface area contributed by atoms with Gasteiger partial charge < -0.3 is 5.73 Å². The second-order valence-electron chi connectivity index (χ2n) is 3.13. The summed E-state index contributed by atoms with van der Waals surface area (Å²) < 4.78 is 24.4. The Hall–Kier alpha value is -0.670. The second kappa shape index (κ2) is 1.68. The van der Waals surface area contributed by atoms with E-state index in [1.165, 1.54) is 6.92 Å². The van der Waals surface area contributed by atoms with E-state index in [-0.39, 0.29) is 0 Å². The molecular formula is C6H9F2NO. The van der Waals surface area contributed by atoms with Crippen LogP contribution in [0.15, 0.2) is 0 Å². The van der Waals surface area contributed by atoms with Crippen LogP contribution in [0.5, 0.6) is 0 Å². The van der Waals surface area contributed by atoms with Crippen molar-refractivity contribution in [1.29, 1.82) is 0 Å². The number of carbonyl (C=O) groups excluding carboxylic acids is 1. The van der Waals surface area contributed by atoms with Crippen molar-refractivity contribution in [2.75, 3.05) is 0 Å². The summed E-state index contributed by atoms with van der Waals surface area (Å²) in [4.78, 5) is 10.5. The van der Waals surface area contributed by atoms with Gasteiger partial charge in [-0.25, -0.2) is 8.78 Å². The quantitative estimate of drug-likeness (QED) is 0.591. The minimum absolute atomic E-state index is 0.394. The molecule has 0 aromatic carbocycles. The molecule has 0 heterocycles. The van der Waals surface area contributed by atoms with Crippen LogP contribution in [0.25, 0.3) is 0 Å². The molecule has 10 heavy (non-hydrogen) atoms. The molecule has 2 N–H and O–H groups in total. The molecule has 0 saturated heterocycles. The summed E-state index contributed by atoms with van der Waals surface area (Å²) in [5.41, 5.74) is 3.93. The zero-order valence-corrected chi connectivity index (χ0v) is 5.66. The molecule has 1 rings (SSSR count). The Morgan fingerprint density at radius 2 is 1.90 bits per heavy atom. The molecule has 1 aliphatic rings. The van der Waals surface area contributed by atoms with Crippen LogP contribution in [0.3, 0.4) is 0 Å². The molecule has 1 aliphatic carbocycles. The van der Waals surface area contributed by atoms with Crippen LogP contribution in [0, 0.1) is 5.41 Å². The van der Waals surface area contributed by atoms with Gasteiger partial charge in [-0.15, -0.1) is 0 Å². The summed E-state index contributed by atoms with van der Waals surface area (Å²) in [5, 5.41) is 0. The maximum atomic E-state index is 12.2. The van der Waals surface area contributed by atoms with Crippen LogP contribution < -0.4 is 5.73 Å². The standard InChI is InChI=1S/C6H9F2NO/c1-5(4(9)10)2-6(7,8)3-5/h2-3H2,1H3,(H2,9,10). The molecule has 1 fully saturated rings. The smallest absolute Gasteiger partial charge is 0.250 e. The minimum atomic E-state index is -2.66. The Morgan fingerprint density at radius 3 is 2.00 bits per heavy atom. The largest absolute Gasteiger partial charge is 0.369 e. The fourth-order valence-electron chi connectivity index (χ4n) is 1.26. The molecule has 0 aromatic heterocycles. The summed E-state index contributed by atoms with van der Waals surface area (Å²) in [6.45, 7) is 1.47. The number of amides is 1. The maximum absolute atomic E-state index is 12.2. The third-order valence-electron chi connectivity index (χ3n) is 1.89. The molecule has 0 aliphatic heterocycles. The lowest BCUT2D eigenvalue weighted by atomic mass is 9.67. The lowest BCUT2D eigenvalue weighted by Gasteiger charge is -2.42. The third kappa shape index (κ3) is 0.978. The Kier molecular flexibility index (Phi) is 1.25. The molecule has 1 saturated carbocycles. The van der Waals surface area contributed by atoms with Gasteiger partial charge in [0.2, 0.25) is 11.8 Å². The fraction of sp³-hybridized carbons (Fsp3) is 0.833. The zero-order chi connectivity index (χ0) is 7.99. The molecule has 2 nitrogen and oxygen atoms in total. The van der Waals surface area contributed by atoms with Crippen LogP contribution in [0.1, 0.15) is 19.8 Å². The van der Waals surface area contributed by atoms with Gasteiger partial charge in [-0.05, 0) is 0 Å². The van der Waals surface area contributed by atoms with Crippen LogP contribution >= 0.6 is 0 Å². The predicted molar refractivity (Wildman–Crippen MR) is 31.5 cm³/mol. The third-order valence-corrected chi connectivity index (χ3v) is 1.89. The van der Waals surface area contributed by atoms with E-state index < -0.39 is 30.1 Å². The maximum Gasteiger partial charge on any atom is 0.250 e. The number of primary amides is 1. The van der Waals surface area contributed by atoms with Crippen LogP contribution in [0.4, 0.5) is 8.78 Å². The van der Waals surface area contributed by atoms with Gasteiger partial charge in [0.25, 0.3) is 0 Å². The van der Waals surface area contributed by atoms with Crippen molar-refractivity contribution in [2.45, 2.75) is 25.7 Å². The monoisotopic (exact) mass is 149 g/mol. The van der Waals surface area contributed by atoms with Gasteiger partial charge in [-0.1, -0.05) is 6.92 Å². The number of alkyl halides is 2. The van der Waals surface area contributed by atoms with Crippen molar-refractivity contribution in [1.82, 2.24) is 0 Å². The predicted octanol–water partition coefficient (Wildman–Crippen LogP) is 0.907. The minimum Gasteiger partial charge on any atom is -0.369 e. The van der Waals surface area contributed by atoms with Crippen molar-refractivity contribution < 1.29 is 13.6 Å². The van der Waals surface area contributed by atoms with Crippen molar-refractivity contribution >= 4 is 5.91 Å². The van der Waals surface area contributed by atoms with Gasteiger partial charge in [0.1, 0.15) is 0 Å². The van der Waals surface area contributed by atoms with Crippen molar-refractivity contribution in [3.8, 4) is 0 Å². The van der Waals surface area contributed by atoms with Crippen molar-refractivity contribution in [2.24, 2.45) is 11.1 Å². The number of hydrogen-bond acceptors (Lipinski definition) is 1. The van der Waals surface area contributed by atoms with Gasteiger partial charge in [-0.3, -0.25) is 4.79 Å². The van der Waals surface area contributed by atoms with Gasteiger partial charge in [0.15, 0.2) is 0 Å².